The summed E-state index contributed by atoms with van der Waals surface area (Å²) in [5, 5.41) is 6.31. The van der Waals surface area contributed by atoms with E-state index in [1.807, 2.05) is 25.1 Å². The number of hydrogen-bond acceptors (Lipinski definition) is 13. The largest absolute Gasteiger partial charge is 0.372 e. The van der Waals surface area contributed by atoms with Crippen LogP contribution < -0.4 is 26.2 Å². The molecule has 5 fully saturated rings. The number of primary amides is 1. The van der Waals surface area contributed by atoms with Gasteiger partial charge in [-0.25, -0.2) is 9.97 Å². The van der Waals surface area contributed by atoms with Crippen molar-refractivity contribution in [1.82, 2.24) is 34.4 Å². The van der Waals surface area contributed by atoms with Crippen molar-refractivity contribution in [2.75, 3.05) is 67.5 Å². The van der Waals surface area contributed by atoms with Gasteiger partial charge in [0.1, 0.15) is 16.9 Å². The van der Waals surface area contributed by atoms with Gasteiger partial charge in [-0.2, -0.15) is 4.37 Å². The number of fused-ring (bicyclic) bond motifs is 1. The molecule has 0 radical (unpaired) electrons. The number of nitrogens with zero attached hydrogens (tertiary/aromatic N) is 8. The number of anilines is 4. The fourth-order valence-corrected chi connectivity index (χ4v) is 10.7. The minimum atomic E-state index is -0.654. The molecule has 2 atom stereocenters. The van der Waals surface area contributed by atoms with Crippen LogP contribution in [0.15, 0.2) is 30.5 Å². The summed E-state index contributed by atoms with van der Waals surface area (Å²) in [6, 6.07) is 7.39. The van der Waals surface area contributed by atoms with Crippen LogP contribution in [0.4, 0.5) is 22.3 Å². The normalized spacial score (nSPS) is 24.2. The van der Waals surface area contributed by atoms with Crippen molar-refractivity contribution in [3.05, 3.63) is 53.0 Å². The van der Waals surface area contributed by atoms with Crippen LogP contribution in [-0.4, -0.2) is 123 Å². The molecule has 2 aromatic heterocycles. The molecule has 5 amide bonds. The molecule has 3 aromatic rings. The molecule has 6 aliphatic rings. The zero-order valence-corrected chi connectivity index (χ0v) is 33.8. The van der Waals surface area contributed by atoms with Gasteiger partial charge in [0.2, 0.25) is 17.7 Å². The number of imide groups is 1. The lowest BCUT2D eigenvalue weighted by Crippen LogP contribution is -2.52. The zero-order valence-electron chi connectivity index (χ0n) is 33.0. The Morgan fingerprint density at radius 3 is 2.50 bits per heavy atom. The quantitative estimate of drug-likeness (QED) is 0.269. The summed E-state index contributed by atoms with van der Waals surface area (Å²) < 4.78 is 4.30. The van der Waals surface area contributed by atoms with Gasteiger partial charge in [-0.05, 0) is 119 Å². The maximum absolute atomic E-state index is 14.2. The number of amides is 5. The molecule has 0 aliphatic carbocycles. The SMILES string of the molecule is Cc1cc(Nc2nc(N3CCCC(N4CCC5(CCN(CC6CCN(c7ccc8c(c7)CN(C7CCC(=O)NC7=O)C8=O)CC6)CC5)C4=O)C3)cnc2C(N)=O)sn1. The Balaban J connectivity index is 0.757. The number of aromatic nitrogens is 3. The summed E-state index contributed by atoms with van der Waals surface area (Å²) in [6.07, 6.45) is 8.96. The lowest BCUT2D eigenvalue weighted by molar-refractivity contribution is -0.140. The molecule has 0 bridgehead atoms. The van der Waals surface area contributed by atoms with Crippen molar-refractivity contribution >= 4 is 63.4 Å². The molecule has 2 unspecified atom stereocenters. The molecule has 1 spiro atoms. The molecule has 8 heterocycles. The van der Waals surface area contributed by atoms with Crippen molar-refractivity contribution in [2.24, 2.45) is 17.1 Å². The average Bonchev–Trinajstić information content (AvgIpc) is 3.89. The van der Waals surface area contributed by atoms with E-state index in [9.17, 15) is 24.0 Å². The topological polar surface area (TPSA) is 190 Å². The Morgan fingerprint density at radius 2 is 1.76 bits per heavy atom. The van der Waals surface area contributed by atoms with E-state index >= 15 is 0 Å². The average molecular weight is 810 g/mol. The highest BCUT2D eigenvalue weighted by molar-refractivity contribution is 7.10. The molecule has 4 N–H and O–H groups in total. The zero-order chi connectivity index (χ0) is 40.1. The maximum Gasteiger partial charge on any atom is 0.271 e. The van der Waals surface area contributed by atoms with Crippen molar-refractivity contribution in [1.29, 1.82) is 0 Å². The van der Waals surface area contributed by atoms with E-state index in [1.165, 1.54) is 11.5 Å². The van der Waals surface area contributed by atoms with Gasteiger partial charge in [-0.3, -0.25) is 29.3 Å². The van der Waals surface area contributed by atoms with Crippen LogP contribution in [0.3, 0.4) is 0 Å². The van der Waals surface area contributed by atoms with Crippen molar-refractivity contribution in [3.63, 3.8) is 0 Å². The Labute approximate surface area is 341 Å². The second-order valence-corrected chi connectivity index (χ2v) is 17.8. The number of carbonyl (C=O) groups excluding carboxylic acids is 5. The first-order valence-electron chi connectivity index (χ1n) is 20.7. The number of benzene rings is 1. The van der Waals surface area contributed by atoms with Crippen molar-refractivity contribution < 1.29 is 24.0 Å². The van der Waals surface area contributed by atoms with Gasteiger partial charge in [0.05, 0.1) is 17.3 Å². The van der Waals surface area contributed by atoms with Crippen molar-refractivity contribution in [2.45, 2.75) is 83.3 Å². The number of carbonyl (C=O) groups is 5. The fraction of sp³-hybridized carbons (Fsp3) is 0.561. The number of piperidine rings is 4. The summed E-state index contributed by atoms with van der Waals surface area (Å²) in [5.41, 5.74) is 8.99. The van der Waals surface area contributed by atoms with Crippen LogP contribution in [0.2, 0.25) is 0 Å². The van der Waals surface area contributed by atoms with Crippen LogP contribution >= 0.6 is 11.5 Å². The minimum Gasteiger partial charge on any atom is -0.372 e. The lowest BCUT2D eigenvalue weighted by Gasteiger charge is -2.42. The van der Waals surface area contributed by atoms with Crippen LogP contribution in [0.5, 0.6) is 0 Å². The summed E-state index contributed by atoms with van der Waals surface area (Å²) >= 11 is 1.28. The smallest absolute Gasteiger partial charge is 0.271 e. The van der Waals surface area contributed by atoms with Gasteiger partial charge in [0.25, 0.3) is 11.8 Å². The van der Waals surface area contributed by atoms with Gasteiger partial charge in [-0.15, -0.1) is 0 Å². The van der Waals surface area contributed by atoms with E-state index < -0.39 is 11.9 Å². The lowest BCUT2D eigenvalue weighted by atomic mass is 9.76. The maximum atomic E-state index is 14.2. The number of nitrogens with two attached hydrogens (primary N) is 1. The van der Waals surface area contributed by atoms with Crippen LogP contribution in [0.25, 0.3) is 0 Å². The van der Waals surface area contributed by atoms with E-state index in [0.717, 1.165) is 113 Å². The number of likely N-dealkylation sites (tertiary alicyclic amines) is 2. The minimum absolute atomic E-state index is 0.0780. The van der Waals surface area contributed by atoms with Gasteiger partial charge >= 0.3 is 0 Å². The molecule has 6 aliphatic heterocycles. The number of hydrogen-bond donors (Lipinski definition) is 3. The summed E-state index contributed by atoms with van der Waals surface area (Å²) in [7, 11) is 0. The van der Waals surface area contributed by atoms with Gasteiger partial charge < -0.3 is 35.6 Å². The summed E-state index contributed by atoms with van der Waals surface area (Å²) in [6.45, 7) is 9.35. The molecule has 58 heavy (non-hydrogen) atoms. The van der Waals surface area contributed by atoms with Crippen LogP contribution in [0.1, 0.15) is 89.9 Å². The monoisotopic (exact) mass is 809 g/mol. The van der Waals surface area contributed by atoms with Gasteiger partial charge in [0, 0.05) is 69.5 Å². The van der Waals surface area contributed by atoms with Crippen LogP contribution in [0, 0.1) is 18.3 Å². The van der Waals surface area contributed by atoms with E-state index in [0.29, 0.717) is 48.5 Å². The number of rotatable bonds is 9. The fourth-order valence-electron chi connectivity index (χ4n) is 10.1. The number of nitrogens with one attached hydrogen (secondary N) is 2. The van der Waals surface area contributed by atoms with E-state index in [4.69, 9.17) is 10.7 Å². The molecule has 9 rings (SSSR count). The second-order valence-electron chi connectivity index (χ2n) is 17.0. The van der Waals surface area contributed by atoms with Gasteiger partial charge in [-0.1, -0.05) is 0 Å². The first kappa shape index (κ1) is 38.4. The third-order valence-electron chi connectivity index (χ3n) is 13.4. The first-order valence-corrected chi connectivity index (χ1v) is 21.5. The standard InChI is InChI=1S/C41H51N11O5S/c1-25-19-34(58-47-25)46-37-35(36(42)54)43-21-32(44-37)50-13-2-3-29(24-50)51-18-12-41(40(51)57)10-16-48(17-11-41)22-26-8-14-49(15-9-26)28-4-5-30-27(20-28)23-52(39(30)56)31-6-7-33(53)45-38(31)55/h4-5,19-21,26,29,31H,2-3,6-18,22-24H2,1H3,(H2,42,54)(H,44,46)(H,45,53,55). The molecule has 1 aromatic carbocycles. The molecule has 5 saturated heterocycles. The van der Waals surface area contributed by atoms with E-state index in [-0.39, 0.29) is 41.3 Å². The Kier molecular flexibility index (Phi) is 10.3. The highest BCUT2D eigenvalue weighted by atomic mass is 32.1. The molecule has 0 saturated carbocycles. The number of aryl methyl sites for hydroxylation is 1. The predicted molar refractivity (Wildman–Crippen MR) is 218 cm³/mol. The van der Waals surface area contributed by atoms with E-state index in [1.54, 1.807) is 11.1 Å². The Bertz CT molecular complexity index is 2130. The molecular formula is C41H51N11O5S. The second kappa shape index (κ2) is 15.5. The Morgan fingerprint density at radius 1 is 0.966 bits per heavy atom. The summed E-state index contributed by atoms with van der Waals surface area (Å²) in [5.74, 6) is 0.398. The third kappa shape index (κ3) is 7.38. The highest BCUT2D eigenvalue weighted by Crippen LogP contribution is 2.44. The predicted octanol–water partition coefficient (Wildman–Crippen LogP) is 3.04. The molecular weight excluding hydrogens is 759 g/mol. The Hall–Kier alpha value is -5.16. The summed E-state index contributed by atoms with van der Waals surface area (Å²) in [4.78, 5) is 83.8. The van der Waals surface area contributed by atoms with Gasteiger partial charge in [0.15, 0.2) is 11.5 Å². The van der Waals surface area contributed by atoms with Crippen molar-refractivity contribution in [3.8, 4) is 0 Å². The third-order valence-corrected chi connectivity index (χ3v) is 14.2. The van der Waals surface area contributed by atoms with Crippen LogP contribution in [-0.2, 0) is 20.9 Å². The highest BCUT2D eigenvalue weighted by Gasteiger charge is 2.50. The molecule has 16 nitrogen and oxygen atoms in total. The van der Waals surface area contributed by atoms with E-state index in [2.05, 4.69) is 45.7 Å². The molecule has 306 valence electrons. The molecule has 17 heteroatoms. The first-order chi connectivity index (χ1) is 28.0.